The van der Waals surface area contributed by atoms with Gasteiger partial charge in [-0.15, -0.1) is 12.4 Å². The summed E-state index contributed by atoms with van der Waals surface area (Å²) in [4.78, 5) is -0.0517. The van der Waals surface area contributed by atoms with E-state index in [0.717, 1.165) is 12.1 Å². The van der Waals surface area contributed by atoms with Crippen LogP contribution in [0.1, 0.15) is 27.2 Å². The minimum absolute atomic E-state index is 0. The first-order valence-corrected chi connectivity index (χ1v) is 8.19. The van der Waals surface area contributed by atoms with Gasteiger partial charge < -0.3 is 10.5 Å². The van der Waals surface area contributed by atoms with Crippen LogP contribution in [0.3, 0.4) is 0 Å². The number of benzene rings is 1. The second-order valence-electron chi connectivity index (χ2n) is 5.76. The van der Waals surface area contributed by atoms with E-state index >= 15 is 0 Å². The summed E-state index contributed by atoms with van der Waals surface area (Å²) in [7, 11) is -2.52. The van der Waals surface area contributed by atoms with E-state index in [9.17, 15) is 12.8 Å². The minimum Gasteiger partial charge on any atom is -0.494 e. The molecule has 3 N–H and O–H groups in total. The summed E-state index contributed by atoms with van der Waals surface area (Å²) < 4.78 is 45.6. The maximum Gasteiger partial charge on any atom is 0.241 e. The molecule has 0 saturated heterocycles. The van der Waals surface area contributed by atoms with Gasteiger partial charge >= 0.3 is 0 Å². The van der Waals surface area contributed by atoms with Crippen LogP contribution in [-0.4, -0.2) is 27.6 Å². The summed E-state index contributed by atoms with van der Waals surface area (Å²) >= 11 is 0. The lowest BCUT2D eigenvalue weighted by Crippen LogP contribution is -2.51. The first-order valence-electron chi connectivity index (χ1n) is 6.71. The molecule has 1 atom stereocenters. The molecule has 0 amide bonds. The van der Waals surface area contributed by atoms with E-state index in [1.54, 1.807) is 6.92 Å². The van der Waals surface area contributed by atoms with Crippen molar-refractivity contribution in [3.05, 3.63) is 24.0 Å². The molecular formula is C14H24ClFN2O3S. The second-order valence-corrected chi connectivity index (χ2v) is 7.45. The van der Waals surface area contributed by atoms with Crippen LogP contribution in [-0.2, 0) is 10.0 Å². The van der Waals surface area contributed by atoms with Gasteiger partial charge in [-0.3, -0.25) is 0 Å². The molecule has 0 saturated carbocycles. The highest BCUT2D eigenvalue weighted by molar-refractivity contribution is 7.89. The van der Waals surface area contributed by atoms with Crippen molar-refractivity contribution in [2.75, 3.05) is 13.7 Å². The molecule has 0 aromatic heterocycles. The average Bonchev–Trinajstić information content (AvgIpc) is 2.37. The predicted octanol–water partition coefficient (Wildman–Crippen LogP) is 2.30. The summed E-state index contributed by atoms with van der Waals surface area (Å²) in [5.74, 6) is -0.444. The van der Waals surface area contributed by atoms with Crippen molar-refractivity contribution in [2.45, 2.75) is 37.6 Å². The fourth-order valence-electron chi connectivity index (χ4n) is 2.26. The third kappa shape index (κ3) is 5.39. The molecule has 0 aliphatic rings. The number of nitrogens with two attached hydrogens (primary N) is 1. The van der Waals surface area contributed by atoms with Gasteiger partial charge in [-0.2, -0.15) is 0 Å². The predicted molar refractivity (Wildman–Crippen MR) is 87.4 cm³/mol. The molecule has 0 bridgehead atoms. The summed E-state index contributed by atoms with van der Waals surface area (Å²) in [6.45, 7) is 5.90. The van der Waals surface area contributed by atoms with Crippen LogP contribution in [0.15, 0.2) is 23.1 Å². The molecule has 0 aliphatic carbocycles. The molecule has 0 fully saturated rings. The van der Waals surface area contributed by atoms with E-state index in [1.807, 2.05) is 13.8 Å². The van der Waals surface area contributed by atoms with E-state index in [4.69, 9.17) is 10.5 Å². The molecule has 0 heterocycles. The van der Waals surface area contributed by atoms with Crippen LogP contribution in [0, 0.1) is 11.7 Å². The van der Waals surface area contributed by atoms with Gasteiger partial charge in [-0.1, -0.05) is 13.8 Å². The van der Waals surface area contributed by atoms with Gasteiger partial charge in [0.15, 0.2) is 11.6 Å². The van der Waals surface area contributed by atoms with Crippen LogP contribution in [0.25, 0.3) is 0 Å². The zero-order valence-corrected chi connectivity index (χ0v) is 14.9. The maximum atomic E-state index is 13.4. The highest BCUT2D eigenvalue weighted by atomic mass is 35.5. The van der Waals surface area contributed by atoms with Crippen molar-refractivity contribution in [3.8, 4) is 5.75 Å². The number of sulfonamides is 1. The monoisotopic (exact) mass is 354 g/mol. The smallest absolute Gasteiger partial charge is 0.241 e. The fraction of sp³-hybridized carbons (Fsp3) is 0.571. The molecule has 5 nitrogen and oxygen atoms in total. The Kier molecular flexibility index (Phi) is 7.77. The molecule has 22 heavy (non-hydrogen) atoms. The number of methoxy groups -OCH3 is 1. The quantitative estimate of drug-likeness (QED) is 0.787. The Hall–Kier alpha value is -0.890. The number of ether oxygens (including phenoxy) is 1. The first kappa shape index (κ1) is 21.1. The number of hydrogen-bond donors (Lipinski definition) is 2. The molecule has 1 rings (SSSR count). The van der Waals surface area contributed by atoms with Gasteiger partial charge in [-0.25, -0.2) is 17.5 Å². The van der Waals surface area contributed by atoms with E-state index in [-0.39, 0.29) is 35.5 Å². The summed E-state index contributed by atoms with van der Waals surface area (Å²) in [6.07, 6.45) is 0.598. The molecule has 0 radical (unpaired) electrons. The molecule has 1 aromatic carbocycles. The van der Waals surface area contributed by atoms with Crippen LogP contribution in [0.5, 0.6) is 5.75 Å². The third-order valence-corrected chi connectivity index (χ3v) is 4.76. The van der Waals surface area contributed by atoms with Crippen molar-refractivity contribution in [3.63, 3.8) is 0 Å². The standard InChI is InChI=1S/C14H23FN2O3S.ClH/c1-10(2)8-14(3,9-16)17-21(18,19)11-5-6-12(15)13(7-11)20-4;/h5-7,10,17H,8-9,16H2,1-4H3;1H. The zero-order chi connectivity index (χ0) is 16.3. The molecular weight excluding hydrogens is 331 g/mol. The lowest BCUT2D eigenvalue weighted by atomic mass is 9.92. The maximum absolute atomic E-state index is 13.4. The number of halogens is 2. The van der Waals surface area contributed by atoms with Gasteiger partial charge in [0.25, 0.3) is 0 Å². The van der Waals surface area contributed by atoms with Crippen LogP contribution >= 0.6 is 12.4 Å². The van der Waals surface area contributed by atoms with Crippen LogP contribution < -0.4 is 15.2 Å². The molecule has 1 unspecified atom stereocenters. The number of rotatable bonds is 7. The van der Waals surface area contributed by atoms with Gasteiger partial charge in [0, 0.05) is 18.2 Å². The van der Waals surface area contributed by atoms with E-state index in [1.165, 1.54) is 13.2 Å². The van der Waals surface area contributed by atoms with Gasteiger partial charge in [0.1, 0.15) is 0 Å². The van der Waals surface area contributed by atoms with E-state index in [0.29, 0.717) is 6.42 Å². The van der Waals surface area contributed by atoms with Crippen molar-refractivity contribution in [1.29, 1.82) is 0 Å². The number of nitrogens with one attached hydrogen (secondary N) is 1. The molecule has 8 heteroatoms. The van der Waals surface area contributed by atoms with Crippen LogP contribution in [0.2, 0.25) is 0 Å². The Labute approximate surface area is 137 Å². The van der Waals surface area contributed by atoms with Crippen molar-refractivity contribution in [2.24, 2.45) is 11.7 Å². The molecule has 0 spiro atoms. The Bertz CT molecular complexity index is 596. The van der Waals surface area contributed by atoms with E-state index < -0.39 is 21.4 Å². The summed E-state index contributed by atoms with van der Waals surface area (Å²) in [6, 6.07) is 3.42. The highest BCUT2D eigenvalue weighted by Crippen LogP contribution is 2.24. The third-order valence-electron chi connectivity index (χ3n) is 3.12. The Balaban J connectivity index is 0.00000441. The van der Waals surface area contributed by atoms with Gasteiger partial charge in [0.05, 0.1) is 12.0 Å². The lowest BCUT2D eigenvalue weighted by Gasteiger charge is -2.30. The lowest BCUT2D eigenvalue weighted by molar-refractivity contribution is 0.344. The molecule has 0 aliphatic heterocycles. The highest BCUT2D eigenvalue weighted by Gasteiger charge is 2.30. The number of hydrogen-bond acceptors (Lipinski definition) is 4. The summed E-state index contributed by atoms with van der Waals surface area (Å²) in [5.41, 5.74) is 4.95. The molecule has 128 valence electrons. The Morgan fingerprint density at radius 2 is 2.00 bits per heavy atom. The van der Waals surface area contributed by atoms with E-state index in [2.05, 4.69) is 4.72 Å². The SMILES string of the molecule is COc1cc(S(=O)(=O)NC(C)(CN)CC(C)C)ccc1F.Cl. The minimum atomic E-state index is -3.80. The summed E-state index contributed by atoms with van der Waals surface area (Å²) in [5, 5.41) is 0. The van der Waals surface area contributed by atoms with Crippen molar-refractivity contribution >= 4 is 22.4 Å². The fourth-order valence-corrected chi connectivity index (χ4v) is 3.70. The van der Waals surface area contributed by atoms with Crippen molar-refractivity contribution < 1.29 is 17.5 Å². The Morgan fingerprint density at radius 3 is 2.45 bits per heavy atom. The normalized spacial score (nSPS) is 14.3. The van der Waals surface area contributed by atoms with Gasteiger partial charge in [-0.05, 0) is 31.4 Å². The Morgan fingerprint density at radius 1 is 1.41 bits per heavy atom. The topological polar surface area (TPSA) is 81.4 Å². The van der Waals surface area contributed by atoms with Crippen LogP contribution in [0.4, 0.5) is 4.39 Å². The van der Waals surface area contributed by atoms with Crippen molar-refractivity contribution in [1.82, 2.24) is 4.72 Å². The largest absolute Gasteiger partial charge is 0.494 e. The second kappa shape index (κ2) is 8.10. The zero-order valence-electron chi connectivity index (χ0n) is 13.2. The van der Waals surface area contributed by atoms with Gasteiger partial charge in [0.2, 0.25) is 10.0 Å². The first-order chi connectivity index (χ1) is 9.63. The average molecular weight is 355 g/mol. The molecule has 1 aromatic rings.